The highest BCUT2D eigenvalue weighted by molar-refractivity contribution is 6.45. The molecule has 1 unspecified atom stereocenters. The average Bonchev–Trinajstić information content (AvgIpc) is 2.82. The fourth-order valence-electron chi connectivity index (χ4n) is 1.86. The third-order valence-electron chi connectivity index (χ3n) is 2.96. The van der Waals surface area contributed by atoms with Crippen molar-refractivity contribution >= 4 is 34.2 Å². The molecular weight excluding hydrogens is 273 g/mol. The monoisotopic (exact) mass is 287 g/mol. The maximum Gasteiger partial charge on any atom is 0.141 e. The standard InChI is InChI=1S/C13H15Cl2NO2/c1-2-16-8-13(17,12(14)15)10-3-4-11-9(7-10)5-6-18-11/h3-7,12,16-17H,2,8H2,1H3. The lowest BCUT2D eigenvalue weighted by Crippen LogP contribution is -2.43. The van der Waals surface area contributed by atoms with Crippen molar-refractivity contribution in [3.8, 4) is 0 Å². The van der Waals surface area contributed by atoms with Crippen LogP contribution in [0.2, 0.25) is 0 Å². The first-order valence-electron chi connectivity index (χ1n) is 5.77. The van der Waals surface area contributed by atoms with Crippen molar-refractivity contribution in [2.75, 3.05) is 13.1 Å². The number of fused-ring (bicyclic) bond motifs is 1. The molecule has 3 nitrogen and oxygen atoms in total. The van der Waals surface area contributed by atoms with Crippen LogP contribution < -0.4 is 5.32 Å². The van der Waals surface area contributed by atoms with Crippen LogP contribution in [-0.2, 0) is 5.60 Å². The van der Waals surface area contributed by atoms with Gasteiger partial charge in [-0.3, -0.25) is 0 Å². The van der Waals surface area contributed by atoms with E-state index in [1.54, 1.807) is 18.4 Å². The summed E-state index contributed by atoms with van der Waals surface area (Å²) in [7, 11) is 0. The summed E-state index contributed by atoms with van der Waals surface area (Å²) in [6.07, 6.45) is 1.61. The fraction of sp³-hybridized carbons (Fsp3) is 0.385. The van der Waals surface area contributed by atoms with Gasteiger partial charge in [-0.15, -0.1) is 23.2 Å². The van der Waals surface area contributed by atoms with Crippen LogP contribution in [0.5, 0.6) is 0 Å². The first-order valence-corrected chi connectivity index (χ1v) is 6.64. The molecule has 0 radical (unpaired) electrons. The molecule has 1 heterocycles. The van der Waals surface area contributed by atoms with Crippen molar-refractivity contribution < 1.29 is 9.52 Å². The van der Waals surface area contributed by atoms with Gasteiger partial charge in [0.15, 0.2) is 0 Å². The van der Waals surface area contributed by atoms with Gasteiger partial charge in [0, 0.05) is 11.9 Å². The van der Waals surface area contributed by atoms with Gasteiger partial charge in [0.2, 0.25) is 0 Å². The molecule has 0 saturated carbocycles. The van der Waals surface area contributed by atoms with Crippen LogP contribution in [0.25, 0.3) is 11.0 Å². The number of benzene rings is 1. The van der Waals surface area contributed by atoms with E-state index in [-0.39, 0.29) is 0 Å². The van der Waals surface area contributed by atoms with E-state index in [9.17, 15) is 5.11 Å². The minimum absolute atomic E-state index is 0.296. The van der Waals surface area contributed by atoms with Crippen LogP contribution in [0.15, 0.2) is 34.9 Å². The minimum atomic E-state index is -1.31. The van der Waals surface area contributed by atoms with E-state index in [1.807, 2.05) is 19.1 Å². The van der Waals surface area contributed by atoms with Gasteiger partial charge in [-0.25, -0.2) is 0 Å². The van der Waals surface area contributed by atoms with Gasteiger partial charge in [-0.2, -0.15) is 0 Å². The van der Waals surface area contributed by atoms with Crippen molar-refractivity contribution in [3.05, 3.63) is 36.1 Å². The summed E-state index contributed by atoms with van der Waals surface area (Å²) in [5, 5.41) is 14.6. The highest BCUT2D eigenvalue weighted by Crippen LogP contribution is 2.33. The molecular formula is C13H15Cl2NO2. The van der Waals surface area contributed by atoms with Crippen LogP contribution in [-0.4, -0.2) is 23.0 Å². The zero-order valence-corrected chi connectivity index (χ0v) is 11.5. The molecule has 0 aliphatic heterocycles. The van der Waals surface area contributed by atoms with E-state index in [0.717, 1.165) is 17.5 Å². The molecule has 0 spiro atoms. The van der Waals surface area contributed by atoms with Gasteiger partial charge in [-0.1, -0.05) is 13.0 Å². The number of alkyl halides is 2. The fourth-order valence-corrected chi connectivity index (χ4v) is 2.26. The van der Waals surface area contributed by atoms with Crippen LogP contribution in [0.4, 0.5) is 0 Å². The molecule has 0 aliphatic rings. The molecule has 2 aromatic rings. The summed E-state index contributed by atoms with van der Waals surface area (Å²) in [6.45, 7) is 2.98. The van der Waals surface area contributed by atoms with E-state index in [4.69, 9.17) is 27.6 Å². The molecule has 1 atom stereocenters. The van der Waals surface area contributed by atoms with Crippen LogP contribution in [0.1, 0.15) is 12.5 Å². The second-order valence-electron chi connectivity index (χ2n) is 4.18. The van der Waals surface area contributed by atoms with Crippen molar-refractivity contribution in [2.24, 2.45) is 0 Å². The number of likely N-dealkylation sites (N-methyl/N-ethyl adjacent to an activating group) is 1. The molecule has 0 saturated heterocycles. The zero-order valence-electron chi connectivity index (χ0n) is 9.99. The molecule has 0 bridgehead atoms. The van der Waals surface area contributed by atoms with E-state index in [0.29, 0.717) is 12.1 Å². The third-order valence-corrected chi connectivity index (χ3v) is 3.68. The summed E-state index contributed by atoms with van der Waals surface area (Å²) in [4.78, 5) is -0.916. The highest BCUT2D eigenvalue weighted by Gasteiger charge is 2.36. The van der Waals surface area contributed by atoms with Gasteiger partial charge in [-0.05, 0) is 30.3 Å². The number of nitrogens with one attached hydrogen (secondary N) is 1. The Hall–Kier alpha value is -0.740. The second-order valence-corrected chi connectivity index (χ2v) is 5.27. The molecule has 2 N–H and O–H groups in total. The van der Waals surface area contributed by atoms with Crippen LogP contribution in [0.3, 0.4) is 0 Å². The Bertz CT molecular complexity index is 526. The van der Waals surface area contributed by atoms with E-state index in [1.165, 1.54) is 0 Å². The van der Waals surface area contributed by atoms with Crippen molar-refractivity contribution in [1.82, 2.24) is 5.32 Å². The summed E-state index contributed by atoms with van der Waals surface area (Å²) in [6, 6.07) is 7.26. The quantitative estimate of drug-likeness (QED) is 0.831. The number of rotatable bonds is 5. The largest absolute Gasteiger partial charge is 0.464 e. The van der Waals surface area contributed by atoms with Gasteiger partial charge >= 0.3 is 0 Å². The summed E-state index contributed by atoms with van der Waals surface area (Å²) >= 11 is 11.9. The maximum absolute atomic E-state index is 10.6. The molecule has 5 heteroatoms. The van der Waals surface area contributed by atoms with Gasteiger partial charge in [0.05, 0.1) is 6.26 Å². The molecule has 2 rings (SSSR count). The molecule has 1 aromatic heterocycles. The lowest BCUT2D eigenvalue weighted by molar-refractivity contribution is 0.0515. The zero-order chi connectivity index (χ0) is 13.2. The summed E-state index contributed by atoms with van der Waals surface area (Å²) in [5.74, 6) is 0. The van der Waals surface area contributed by atoms with Crippen molar-refractivity contribution in [3.63, 3.8) is 0 Å². The number of halogens is 2. The molecule has 0 fully saturated rings. The van der Waals surface area contributed by atoms with E-state index in [2.05, 4.69) is 5.32 Å². The first-order chi connectivity index (χ1) is 8.58. The topological polar surface area (TPSA) is 45.4 Å². The smallest absolute Gasteiger partial charge is 0.141 e. The Kier molecular flexibility index (Phi) is 4.17. The lowest BCUT2D eigenvalue weighted by Gasteiger charge is -2.30. The summed E-state index contributed by atoms with van der Waals surface area (Å²) in [5.41, 5.74) is 0.127. The Morgan fingerprint density at radius 1 is 1.39 bits per heavy atom. The Labute approximate surface area is 116 Å². The molecule has 0 aliphatic carbocycles. The lowest BCUT2D eigenvalue weighted by atomic mass is 9.94. The average molecular weight is 288 g/mol. The summed E-state index contributed by atoms with van der Waals surface area (Å²) < 4.78 is 5.26. The number of furan rings is 1. The number of hydrogen-bond donors (Lipinski definition) is 2. The minimum Gasteiger partial charge on any atom is -0.464 e. The van der Waals surface area contributed by atoms with E-state index >= 15 is 0 Å². The van der Waals surface area contributed by atoms with Crippen molar-refractivity contribution in [1.29, 1.82) is 0 Å². The predicted molar refractivity (Wildman–Crippen MR) is 74.1 cm³/mol. The SMILES string of the molecule is CCNCC(O)(c1ccc2occc2c1)C(Cl)Cl. The van der Waals surface area contributed by atoms with Crippen LogP contribution >= 0.6 is 23.2 Å². The van der Waals surface area contributed by atoms with Crippen LogP contribution in [0, 0.1) is 0 Å². The van der Waals surface area contributed by atoms with Gasteiger partial charge in [0.1, 0.15) is 16.0 Å². The Balaban J connectivity index is 2.40. The number of aliphatic hydroxyl groups is 1. The third kappa shape index (κ3) is 2.50. The molecule has 1 aromatic carbocycles. The Morgan fingerprint density at radius 2 is 2.17 bits per heavy atom. The van der Waals surface area contributed by atoms with Gasteiger partial charge in [0.25, 0.3) is 0 Å². The van der Waals surface area contributed by atoms with E-state index < -0.39 is 10.4 Å². The first kappa shape index (κ1) is 13.7. The van der Waals surface area contributed by atoms with Gasteiger partial charge < -0.3 is 14.8 Å². The predicted octanol–water partition coefficient (Wildman–Crippen LogP) is 3.03. The normalized spacial score (nSPS) is 15.2. The highest BCUT2D eigenvalue weighted by atomic mass is 35.5. The van der Waals surface area contributed by atoms with Crippen molar-refractivity contribution in [2.45, 2.75) is 17.4 Å². The molecule has 0 amide bonds. The second kappa shape index (κ2) is 5.49. The molecule has 98 valence electrons. The number of hydrogen-bond acceptors (Lipinski definition) is 3. The Morgan fingerprint density at radius 3 is 2.83 bits per heavy atom. The maximum atomic E-state index is 10.6. The molecule has 18 heavy (non-hydrogen) atoms.